The first-order valence-electron chi connectivity index (χ1n) is 7.44. The van der Waals surface area contributed by atoms with Crippen molar-refractivity contribution >= 4 is 16.6 Å². The van der Waals surface area contributed by atoms with Gasteiger partial charge in [-0.25, -0.2) is 0 Å². The molecule has 1 aromatic carbocycles. The highest BCUT2D eigenvalue weighted by atomic mass is 16.5. The van der Waals surface area contributed by atoms with Crippen molar-refractivity contribution < 1.29 is 4.74 Å². The summed E-state index contributed by atoms with van der Waals surface area (Å²) in [5.74, 6) is 0. The molecule has 2 aromatic rings. The van der Waals surface area contributed by atoms with Crippen LogP contribution in [0.5, 0.6) is 0 Å². The monoisotopic (exact) mass is 270 g/mol. The molecule has 0 radical (unpaired) electrons. The van der Waals surface area contributed by atoms with E-state index in [0.29, 0.717) is 6.04 Å². The van der Waals surface area contributed by atoms with Crippen molar-refractivity contribution in [2.24, 2.45) is 0 Å². The summed E-state index contributed by atoms with van der Waals surface area (Å²) in [7, 11) is 0. The van der Waals surface area contributed by atoms with E-state index >= 15 is 0 Å². The van der Waals surface area contributed by atoms with Gasteiger partial charge < -0.3 is 10.1 Å². The average Bonchev–Trinajstić information content (AvgIpc) is 2.48. The van der Waals surface area contributed by atoms with E-state index in [-0.39, 0.29) is 5.60 Å². The van der Waals surface area contributed by atoms with Crippen LogP contribution in [-0.2, 0) is 4.74 Å². The lowest BCUT2D eigenvalue weighted by molar-refractivity contribution is -0.0708. The molecular weight excluding hydrogens is 248 g/mol. The van der Waals surface area contributed by atoms with Crippen LogP contribution in [0.25, 0.3) is 10.9 Å². The van der Waals surface area contributed by atoms with Crippen molar-refractivity contribution in [3.63, 3.8) is 0 Å². The Morgan fingerprint density at radius 3 is 3.10 bits per heavy atom. The van der Waals surface area contributed by atoms with E-state index < -0.39 is 0 Å². The second-order valence-electron chi connectivity index (χ2n) is 5.86. The lowest BCUT2D eigenvalue weighted by atomic mass is 9.89. The summed E-state index contributed by atoms with van der Waals surface area (Å²) in [6.45, 7) is 5.25. The van der Waals surface area contributed by atoms with Crippen molar-refractivity contribution in [3.05, 3.63) is 36.5 Å². The van der Waals surface area contributed by atoms with Crippen molar-refractivity contribution in [2.75, 3.05) is 11.9 Å². The molecule has 20 heavy (non-hydrogen) atoms. The molecule has 2 heterocycles. The number of aromatic nitrogens is 1. The molecule has 0 bridgehead atoms. The number of anilines is 1. The maximum atomic E-state index is 5.92. The van der Waals surface area contributed by atoms with Crippen LogP contribution in [0.4, 0.5) is 5.69 Å². The quantitative estimate of drug-likeness (QED) is 0.915. The Kier molecular flexibility index (Phi) is 3.62. The molecule has 1 aliphatic heterocycles. The first kappa shape index (κ1) is 13.4. The second-order valence-corrected chi connectivity index (χ2v) is 5.86. The maximum Gasteiger partial charge on any atom is 0.0722 e. The molecule has 3 nitrogen and oxygen atoms in total. The Balaban J connectivity index is 1.83. The van der Waals surface area contributed by atoms with E-state index in [1.54, 1.807) is 0 Å². The van der Waals surface area contributed by atoms with Gasteiger partial charge in [0, 0.05) is 29.9 Å². The smallest absolute Gasteiger partial charge is 0.0722 e. The second kappa shape index (κ2) is 5.41. The van der Waals surface area contributed by atoms with Gasteiger partial charge in [-0.1, -0.05) is 13.0 Å². The molecule has 0 spiro atoms. The van der Waals surface area contributed by atoms with Crippen molar-refractivity contribution in [3.8, 4) is 0 Å². The lowest BCUT2D eigenvalue weighted by Gasteiger charge is -2.38. The summed E-state index contributed by atoms with van der Waals surface area (Å²) in [5.41, 5.74) is 2.24. The number of benzene rings is 1. The number of nitrogens with one attached hydrogen (secondary N) is 1. The Hall–Kier alpha value is -1.61. The summed E-state index contributed by atoms with van der Waals surface area (Å²) >= 11 is 0. The van der Waals surface area contributed by atoms with E-state index in [1.165, 1.54) is 11.1 Å². The molecule has 0 amide bonds. The Bertz CT molecular complexity index is 593. The maximum absolute atomic E-state index is 5.92. The van der Waals surface area contributed by atoms with Crippen molar-refractivity contribution in [1.82, 2.24) is 4.98 Å². The van der Waals surface area contributed by atoms with Gasteiger partial charge in [0.2, 0.25) is 0 Å². The van der Waals surface area contributed by atoms with Crippen LogP contribution in [0.15, 0.2) is 36.5 Å². The van der Waals surface area contributed by atoms with Gasteiger partial charge in [-0.2, -0.15) is 0 Å². The van der Waals surface area contributed by atoms with Crippen LogP contribution in [0.1, 0.15) is 33.1 Å². The van der Waals surface area contributed by atoms with Gasteiger partial charge in [-0.05, 0) is 50.5 Å². The summed E-state index contributed by atoms with van der Waals surface area (Å²) in [4.78, 5) is 4.42. The number of hydrogen-bond acceptors (Lipinski definition) is 3. The highest BCUT2D eigenvalue weighted by Gasteiger charge is 2.31. The zero-order valence-electron chi connectivity index (χ0n) is 12.2. The number of pyridine rings is 1. The fraction of sp³-hybridized carbons (Fsp3) is 0.471. The van der Waals surface area contributed by atoms with Gasteiger partial charge in [0.1, 0.15) is 0 Å². The molecule has 3 rings (SSSR count). The average molecular weight is 270 g/mol. The zero-order valence-corrected chi connectivity index (χ0v) is 12.2. The first-order chi connectivity index (χ1) is 9.70. The number of ether oxygens (including phenoxy) is 1. The van der Waals surface area contributed by atoms with E-state index in [9.17, 15) is 0 Å². The summed E-state index contributed by atoms with van der Waals surface area (Å²) in [5, 5.41) is 4.89. The minimum atomic E-state index is 0.0126. The zero-order chi connectivity index (χ0) is 14.0. The van der Waals surface area contributed by atoms with Crippen LogP contribution >= 0.6 is 0 Å². The predicted octanol–water partition coefficient (Wildman–Crippen LogP) is 3.99. The normalized spacial score (nSPS) is 26.6. The summed E-state index contributed by atoms with van der Waals surface area (Å²) in [6.07, 6.45) is 5.02. The first-order valence-corrected chi connectivity index (χ1v) is 7.44. The highest BCUT2D eigenvalue weighted by Crippen LogP contribution is 2.31. The Morgan fingerprint density at radius 2 is 2.25 bits per heavy atom. The molecule has 3 heteroatoms. The SMILES string of the molecule is CCC1(C)CC(Nc2cccc3ncccc23)CCO1. The number of fused-ring (bicyclic) bond motifs is 1. The molecule has 1 N–H and O–H groups in total. The van der Waals surface area contributed by atoms with Gasteiger partial charge in [0.15, 0.2) is 0 Å². The molecular formula is C17H22N2O. The largest absolute Gasteiger partial charge is 0.382 e. The van der Waals surface area contributed by atoms with E-state index in [0.717, 1.165) is 31.4 Å². The number of nitrogens with zero attached hydrogens (tertiary/aromatic N) is 1. The Morgan fingerprint density at radius 1 is 1.35 bits per heavy atom. The lowest BCUT2D eigenvalue weighted by Crippen LogP contribution is -2.41. The Labute approximate surface area is 120 Å². The summed E-state index contributed by atoms with van der Waals surface area (Å²) in [6, 6.07) is 10.9. The van der Waals surface area contributed by atoms with Crippen molar-refractivity contribution in [1.29, 1.82) is 0 Å². The standard InChI is InChI=1S/C17H22N2O/c1-3-17(2)12-13(9-11-20-17)19-16-8-4-7-15-14(16)6-5-10-18-15/h4-8,10,13,19H,3,9,11-12H2,1-2H3. The minimum absolute atomic E-state index is 0.0126. The number of hydrogen-bond donors (Lipinski definition) is 1. The van der Waals surface area contributed by atoms with Crippen LogP contribution in [0.3, 0.4) is 0 Å². The van der Waals surface area contributed by atoms with Gasteiger partial charge in [-0.15, -0.1) is 0 Å². The third kappa shape index (κ3) is 2.63. The van der Waals surface area contributed by atoms with Crippen LogP contribution in [0.2, 0.25) is 0 Å². The molecule has 1 fully saturated rings. The molecule has 0 saturated carbocycles. The third-order valence-corrected chi connectivity index (χ3v) is 4.35. The van der Waals surface area contributed by atoms with E-state index in [4.69, 9.17) is 4.74 Å². The molecule has 1 aliphatic rings. The fourth-order valence-electron chi connectivity index (χ4n) is 2.95. The van der Waals surface area contributed by atoms with Crippen LogP contribution < -0.4 is 5.32 Å². The van der Waals surface area contributed by atoms with Crippen molar-refractivity contribution in [2.45, 2.75) is 44.8 Å². The van der Waals surface area contributed by atoms with E-state index in [1.807, 2.05) is 12.3 Å². The van der Waals surface area contributed by atoms with Crippen LogP contribution in [-0.4, -0.2) is 23.2 Å². The molecule has 2 atom stereocenters. The summed E-state index contributed by atoms with van der Waals surface area (Å²) < 4.78 is 5.92. The molecule has 2 unspecified atom stereocenters. The molecule has 0 aliphatic carbocycles. The molecule has 106 valence electrons. The predicted molar refractivity (Wildman–Crippen MR) is 83.0 cm³/mol. The number of rotatable bonds is 3. The van der Waals surface area contributed by atoms with Gasteiger partial charge in [-0.3, -0.25) is 4.98 Å². The molecule has 1 aromatic heterocycles. The van der Waals surface area contributed by atoms with Gasteiger partial charge >= 0.3 is 0 Å². The van der Waals surface area contributed by atoms with E-state index in [2.05, 4.69) is 48.4 Å². The van der Waals surface area contributed by atoms with Gasteiger partial charge in [0.25, 0.3) is 0 Å². The third-order valence-electron chi connectivity index (χ3n) is 4.35. The highest BCUT2D eigenvalue weighted by molar-refractivity contribution is 5.91. The van der Waals surface area contributed by atoms with Gasteiger partial charge in [0.05, 0.1) is 11.1 Å². The molecule has 1 saturated heterocycles. The fourth-order valence-corrected chi connectivity index (χ4v) is 2.95. The minimum Gasteiger partial charge on any atom is -0.382 e. The van der Waals surface area contributed by atoms with Crippen LogP contribution in [0, 0.1) is 0 Å². The topological polar surface area (TPSA) is 34.2 Å².